The van der Waals surface area contributed by atoms with Gasteiger partial charge in [0.1, 0.15) is 5.82 Å². The van der Waals surface area contributed by atoms with Gasteiger partial charge in [-0.2, -0.15) is 0 Å². The van der Waals surface area contributed by atoms with Gasteiger partial charge in [0, 0.05) is 18.1 Å². The van der Waals surface area contributed by atoms with E-state index in [1.807, 2.05) is 0 Å². The summed E-state index contributed by atoms with van der Waals surface area (Å²) in [4.78, 5) is 37.8. The van der Waals surface area contributed by atoms with E-state index in [1.54, 1.807) is 30.3 Å². The normalized spacial score (nSPS) is 15.4. The van der Waals surface area contributed by atoms with Crippen LogP contribution >= 0.6 is 23.4 Å². The highest BCUT2D eigenvalue weighted by Gasteiger charge is 2.34. The Balaban J connectivity index is 1.53. The number of halogens is 2. The van der Waals surface area contributed by atoms with E-state index in [1.165, 1.54) is 24.3 Å². The molecule has 2 aromatic carbocycles. The quantitative estimate of drug-likeness (QED) is 0.723. The summed E-state index contributed by atoms with van der Waals surface area (Å²) >= 11 is 6.71. The molecule has 0 atom stereocenters. The van der Waals surface area contributed by atoms with E-state index < -0.39 is 11.1 Å². The fourth-order valence-electron chi connectivity index (χ4n) is 2.61. The molecular weight excluding hydrogens is 403 g/mol. The number of amides is 3. The number of benzene rings is 2. The van der Waals surface area contributed by atoms with Crippen molar-refractivity contribution in [3.8, 4) is 0 Å². The molecule has 3 amide bonds. The Hall–Kier alpha value is -2.64. The van der Waals surface area contributed by atoms with Gasteiger partial charge in [-0.25, -0.2) is 4.39 Å². The molecule has 1 aliphatic heterocycles. The van der Waals surface area contributed by atoms with Crippen molar-refractivity contribution in [1.82, 2.24) is 10.2 Å². The molecule has 0 aromatic heterocycles. The predicted octanol–water partition coefficient (Wildman–Crippen LogP) is 3.87. The number of thioether (sulfide) groups is 1. The van der Waals surface area contributed by atoms with Crippen LogP contribution in [0.15, 0.2) is 53.4 Å². The van der Waals surface area contributed by atoms with Crippen molar-refractivity contribution in [1.29, 1.82) is 0 Å². The van der Waals surface area contributed by atoms with E-state index in [4.69, 9.17) is 11.6 Å². The zero-order valence-corrected chi connectivity index (χ0v) is 16.2. The lowest BCUT2D eigenvalue weighted by Gasteiger charge is -2.13. The zero-order valence-electron chi connectivity index (χ0n) is 14.7. The smallest absolute Gasteiger partial charge is 0.293 e. The predicted molar refractivity (Wildman–Crippen MR) is 107 cm³/mol. The van der Waals surface area contributed by atoms with Gasteiger partial charge >= 0.3 is 0 Å². The minimum atomic E-state index is -0.427. The Labute approximate surface area is 170 Å². The SMILES string of the molecule is O=C(Cc1cccc(Cl)c1)NCCN1C(=O)S/C(=C\c2ccc(F)cc2)C1=O. The van der Waals surface area contributed by atoms with E-state index in [0.29, 0.717) is 10.6 Å². The molecule has 1 aliphatic rings. The molecule has 28 heavy (non-hydrogen) atoms. The van der Waals surface area contributed by atoms with Crippen LogP contribution in [0.25, 0.3) is 6.08 Å². The van der Waals surface area contributed by atoms with E-state index >= 15 is 0 Å². The first-order valence-corrected chi connectivity index (χ1v) is 9.64. The van der Waals surface area contributed by atoms with Gasteiger partial charge in [-0.05, 0) is 53.2 Å². The van der Waals surface area contributed by atoms with Gasteiger partial charge in [0.25, 0.3) is 11.1 Å². The number of hydrogen-bond donors (Lipinski definition) is 1. The second kappa shape index (κ2) is 9.03. The largest absolute Gasteiger partial charge is 0.354 e. The minimum absolute atomic E-state index is 0.0761. The van der Waals surface area contributed by atoms with E-state index in [2.05, 4.69) is 5.32 Å². The third-order valence-corrected chi connectivity index (χ3v) is 5.10. The number of imide groups is 1. The third kappa shape index (κ3) is 5.21. The lowest BCUT2D eigenvalue weighted by molar-refractivity contribution is -0.124. The second-order valence-corrected chi connectivity index (χ2v) is 7.47. The lowest BCUT2D eigenvalue weighted by Crippen LogP contribution is -2.37. The van der Waals surface area contributed by atoms with E-state index in [0.717, 1.165) is 22.2 Å². The number of carbonyl (C=O) groups excluding carboxylic acids is 3. The first-order valence-electron chi connectivity index (χ1n) is 8.44. The van der Waals surface area contributed by atoms with Crippen molar-refractivity contribution in [2.75, 3.05) is 13.1 Å². The van der Waals surface area contributed by atoms with Gasteiger partial charge in [0.05, 0.1) is 11.3 Å². The van der Waals surface area contributed by atoms with Crippen LogP contribution in [0.2, 0.25) is 5.02 Å². The summed E-state index contributed by atoms with van der Waals surface area (Å²) in [5.41, 5.74) is 1.40. The van der Waals surface area contributed by atoms with Crippen LogP contribution in [0.1, 0.15) is 11.1 Å². The van der Waals surface area contributed by atoms with Crippen molar-refractivity contribution in [3.05, 3.63) is 75.4 Å². The maximum atomic E-state index is 13.0. The molecular formula is C20H16ClFN2O3S. The summed E-state index contributed by atoms with van der Waals surface area (Å²) in [6.07, 6.45) is 1.70. The molecule has 144 valence electrons. The molecule has 1 N–H and O–H groups in total. The Kier molecular flexibility index (Phi) is 6.49. The van der Waals surface area contributed by atoms with Crippen LogP contribution in [0.5, 0.6) is 0 Å². The summed E-state index contributed by atoms with van der Waals surface area (Å²) in [7, 11) is 0. The van der Waals surface area contributed by atoms with Crippen LogP contribution in [0.3, 0.4) is 0 Å². The van der Waals surface area contributed by atoms with Gasteiger partial charge in [-0.3, -0.25) is 19.3 Å². The van der Waals surface area contributed by atoms with Gasteiger partial charge < -0.3 is 5.32 Å². The number of carbonyl (C=O) groups is 3. The van der Waals surface area contributed by atoms with Crippen molar-refractivity contribution in [2.45, 2.75) is 6.42 Å². The Morgan fingerprint density at radius 1 is 1.18 bits per heavy atom. The molecule has 0 radical (unpaired) electrons. The number of nitrogens with one attached hydrogen (secondary N) is 1. The number of hydrogen-bond acceptors (Lipinski definition) is 4. The standard InChI is InChI=1S/C20H16ClFN2O3S/c21-15-3-1-2-14(10-15)12-18(25)23-8-9-24-19(26)17(28-20(24)27)11-13-4-6-16(22)7-5-13/h1-7,10-11H,8-9,12H2,(H,23,25)/b17-11-. The van der Waals surface area contributed by atoms with Crippen molar-refractivity contribution in [2.24, 2.45) is 0 Å². The average molecular weight is 419 g/mol. The Bertz CT molecular complexity index is 947. The molecule has 3 rings (SSSR count). The first-order chi connectivity index (χ1) is 13.4. The highest BCUT2D eigenvalue weighted by atomic mass is 35.5. The summed E-state index contributed by atoms with van der Waals surface area (Å²) in [5, 5.41) is 2.84. The summed E-state index contributed by atoms with van der Waals surface area (Å²) < 4.78 is 13.0. The molecule has 1 saturated heterocycles. The lowest BCUT2D eigenvalue weighted by atomic mass is 10.1. The molecule has 1 heterocycles. The van der Waals surface area contributed by atoms with Gasteiger partial charge in [0.2, 0.25) is 5.91 Å². The average Bonchev–Trinajstić information content (AvgIpc) is 2.91. The number of rotatable bonds is 6. The van der Waals surface area contributed by atoms with Crippen LogP contribution in [0.4, 0.5) is 9.18 Å². The molecule has 0 unspecified atom stereocenters. The fraction of sp³-hybridized carbons (Fsp3) is 0.150. The topological polar surface area (TPSA) is 66.5 Å². The molecule has 0 spiro atoms. The van der Waals surface area contributed by atoms with Crippen LogP contribution < -0.4 is 5.32 Å². The van der Waals surface area contributed by atoms with Crippen molar-refractivity contribution >= 4 is 46.5 Å². The maximum Gasteiger partial charge on any atom is 0.293 e. The molecule has 0 aliphatic carbocycles. The monoisotopic (exact) mass is 418 g/mol. The summed E-state index contributed by atoms with van der Waals surface area (Å²) in [6, 6.07) is 12.6. The number of nitrogens with zero attached hydrogens (tertiary/aromatic N) is 1. The van der Waals surface area contributed by atoms with Gasteiger partial charge in [-0.1, -0.05) is 35.9 Å². The molecule has 2 aromatic rings. The van der Waals surface area contributed by atoms with Crippen LogP contribution in [-0.2, 0) is 16.0 Å². The highest BCUT2D eigenvalue weighted by Crippen LogP contribution is 2.31. The molecule has 0 saturated carbocycles. The van der Waals surface area contributed by atoms with Crippen molar-refractivity contribution in [3.63, 3.8) is 0 Å². The summed E-state index contributed by atoms with van der Waals surface area (Å²) in [5.74, 6) is -1.03. The molecule has 5 nitrogen and oxygen atoms in total. The Morgan fingerprint density at radius 2 is 1.93 bits per heavy atom. The third-order valence-electron chi connectivity index (χ3n) is 3.95. The van der Waals surface area contributed by atoms with Crippen LogP contribution in [-0.4, -0.2) is 35.0 Å². The Morgan fingerprint density at radius 3 is 2.64 bits per heavy atom. The molecule has 8 heteroatoms. The van der Waals surface area contributed by atoms with E-state index in [9.17, 15) is 18.8 Å². The summed E-state index contributed by atoms with van der Waals surface area (Å²) in [6.45, 7) is 0.230. The molecule has 0 bridgehead atoms. The molecule has 1 fully saturated rings. The fourth-order valence-corrected chi connectivity index (χ4v) is 3.68. The minimum Gasteiger partial charge on any atom is -0.354 e. The van der Waals surface area contributed by atoms with Gasteiger partial charge in [-0.15, -0.1) is 0 Å². The maximum absolute atomic E-state index is 13.0. The van der Waals surface area contributed by atoms with E-state index in [-0.39, 0.29) is 36.1 Å². The van der Waals surface area contributed by atoms with Gasteiger partial charge in [0.15, 0.2) is 0 Å². The van der Waals surface area contributed by atoms with Crippen LogP contribution in [0, 0.1) is 5.82 Å². The zero-order chi connectivity index (χ0) is 20.1. The first kappa shape index (κ1) is 20.1. The second-order valence-electron chi connectivity index (χ2n) is 6.04. The highest BCUT2D eigenvalue weighted by molar-refractivity contribution is 8.18. The van der Waals surface area contributed by atoms with Crippen molar-refractivity contribution < 1.29 is 18.8 Å².